The summed E-state index contributed by atoms with van der Waals surface area (Å²) in [5, 5.41) is 0. The highest BCUT2D eigenvalue weighted by Crippen LogP contribution is 2.27. The van der Waals surface area contributed by atoms with E-state index in [2.05, 4.69) is 24.0 Å². The van der Waals surface area contributed by atoms with E-state index < -0.39 is 0 Å². The van der Waals surface area contributed by atoms with Crippen LogP contribution in [0.4, 0.5) is 0 Å². The van der Waals surface area contributed by atoms with Crippen molar-refractivity contribution in [1.29, 1.82) is 0 Å². The van der Waals surface area contributed by atoms with Gasteiger partial charge in [0.2, 0.25) is 0 Å². The molecule has 0 atom stereocenters. The molecule has 0 amide bonds. The normalized spacial score (nSPS) is 17.9. The van der Waals surface area contributed by atoms with E-state index in [9.17, 15) is 0 Å². The van der Waals surface area contributed by atoms with Crippen LogP contribution in [-0.2, 0) is 6.42 Å². The van der Waals surface area contributed by atoms with Gasteiger partial charge in [0.15, 0.2) is 0 Å². The smallest absolute Gasteiger partial charge is 0.0403 e. The zero-order chi connectivity index (χ0) is 10.5. The first-order valence-corrected chi connectivity index (χ1v) is 6.26. The van der Waals surface area contributed by atoms with E-state index in [0.29, 0.717) is 0 Å². The zero-order valence-corrected chi connectivity index (χ0v) is 9.71. The Labute approximate surface area is 92.9 Å². The van der Waals surface area contributed by atoms with Gasteiger partial charge in [0.1, 0.15) is 0 Å². The Balaban J connectivity index is 1.79. The molecule has 0 aromatic carbocycles. The fraction of sp³-hybridized carbons (Fsp3) is 0.643. The third-order valence-electron chi connectivity index (χ3n) is 3.51. The maximum absolute atomic E-state index is 4.46. The zero-order valence-electron chi connectivity index (χ0n) is 9.71. The summed E-state index contributed by atoms with van der Waals surface area (Å²) < 4.78 is 0. The molecule has 0 bridgehead atoms. The third kappa shape index (κ3) is 3.33. The average Bonchev–Trinajstić information content (AvgIpc) is 2.30. The lowest BCUT2D eigenvalue weighted by atomic mass is 9.86. The molecule has 1 heteroatoms. The molecule has 1 aliphatic rings. The third-order valence-corrected chi connectivity index (χ3v) is 3.51. The van der Waals surface area contributed by atoms with Gasteiger partial charge in [0.25, 0.3) is 0 Å². The molecule has 15 heavy (non-hydrogen) atoms. The molecule has 1 nitrogen and oxygen atoms in total. The van der Waals surface area contributed by atoms with Crippen LogP contribution < -0.4 is 0 Å². The molecule has 0 unspecified atom stereocenters. The molecule has 1 fully saturated rings. The number of nitrogens with zero attached hydrogens (tertiary/aromatic N) is 1. The van der Waals surface area contributed by atoms with Crippen LogP contribution in [0.5, 0.6) is 0 Å². The fourth-order valence-electron chi connectivity index (χ4n) is 2.47. The summed E-state index contributed by atoms with van der Waals surface area (Å²) in [6.07, 6.45) is 11.8. The van der Waals surface area contributed by atoms with Crippen molar-refractivity contribution in [3.8, 4) is 0 Å². The highest BCUT2D eigenvalue weighted by molar-refractivity contribution is 5.12. The maximum Gasteiger partial charge on any atom is 0.0403 e. The topological polar surface area (TPSA) is 12.9 Å². The number of hydrogen-bond donors (Lipinski definition) is 0. The molecule has 0 spiro atoms. The van der Waals surface area contributed by atoms with Gasteiger partial charge >= 0.3 is 0 Å². The Morgan fingerprint density at radius 1 is 1.20 bits per heavy atom. The van der Waals surface area contributed by atoms with E-state index in [0.717, 1.165) is 5.92 Å². The molecule has 0 N–H and O–H groups in total. The van der Waals surface area contributed by atoms with Crippen molar-refractivity contribution in [1.82, 2.24) is 4.98 Å². The van der Waals surface area contributed by atoms with E-state index in [-0.39, 0.29) is 0 Å². The number of pyridine rings is 1. The van der Waals surface area contributed by atoms with Crippen LogP contribution in [0.2, 0.25) is 0 Å². The van der Waals surface area contributed by atoms with E-state index in [1.165, 1.54) is 56.2 Å². The summed E-state index contributed by atoms with van der Waals surface area (Å²) in [5.74, 6) is 0.974. The molecule has 1 saturated carbocycles. The van der Waals surface area contributed by atoms with Gasteiger partial charge in [0, 0.05) is 11.9 Å². The fourth-order valence-corrected chi connectivity index (χ4v) is 2.47. The summed E-state index contributed by atoms with van der Waals surface area (Å²) in [6, 6.07) is 4.35. The molecule has 1 heterocycles. The minimum Gasteiger partial charge on any atom is -0.261 e. The van der Waals surface area contributed by atoms with Gasteiger partial charge in [-0.15, -0.1) is 0 Å². The van der Waals surface area contributed by atoms with E-state index in [4.69, 9.17) is 0 Å². The Hall–Kier alpha value is -0.850. The first kappa shape index (κ1) is 10.7. The van der Waals surface area contributed by atoms with Gasteiger partial charge < -0.3 is 0 Å². The molecule has 0 aliphatic heterocycles. The van der Waals surface area contributed by atoms with Crippen LogP contribution in [0.3, 0.4) is 0 Å². The molecule has 0 radical (unpaired) electrons. The van der Waals surface area contributed by atoms with Crippen LogP contribution in [0, 0.1) is 12.8 Å². The van der Waals surface area contributed by atoms with Crippen molar-refractivity contribution in [3.05, 3.63) is 29.6 Å². The standard InChI is InChI=1S/C14H21N/c1-12-7-9-14(15-11-12)10-8-13-5-3-2-4-6-13/h7,9,11,13H,2-6,8,10H2,1H3. The highest BCUT2D eigenvalue weighted by atomic mass is 14.7. The van der Waals surface area contributed by atoms with Crippen LogP contribution >= 0.6 is 0 Å². The van der Waals surface area contributed by atoms with Gasteiger partial charge in [-0.2, -0.15) is 0 Å². The molecule has 1 aromatic heterocycles. The lowest BCUT2D eigenvalue weighted by Crippen LogP contribution is -2.07. The molecule has 82 valence electrons. The predicted molar refractivity (Wildman–Crippen MR) is 63.9 cm³/mol. The largest absolute Gasteiger partial charge is 0.261 e. The Morgan fingerprint density at radius 2 is 2.00 bits per heavy atom. The van der Waals surface area contributed by atoms with Gasteiger partial charge in [-0.3, -0.25) is 4.98 Å². The molecule has 0 saturated heterocycles. The number of aromatic nitrogens is 1. The Kier molecular flexibility index (Phi) is 3.76. The van der Waals surface area contributed by atoms with Gasteiger partial charge in [-0.25, -0.2) is 0 Å². The summed E-state index contributed by atoms with van der Waals surface area (Å²) in [7, 11) is 0. The molecule has 1 aliphatic carbocycles. The van der Waals surface area contributed by atoms with Crippen LogP contribution in [-0.4, -0.2) is 4.98 Å². The second kappa shape index (κ2) is 5.29. The Bertz CT molecular complexity index is 283. The lowest BCUT2D eigenvalue weighted by Gasteiger charge is -2.21. The van der Waals surface area contributed by atoms with Crippen molar-refractivity contribution in [2.75, 3.05) is 0 Å². The van der Waals surface area contributed by atoms with Crippen molar-refractivity contribution in [3.63, 3.8) is 0 Å². The number of hydrogen-bond acceptors (Lipinski definition) is 1. The second-order valence-corrected chi connectivity index (χ2v) is 4.87. The van der Waals surface area contributed by atoms with Crippen molar-refractivity contribution < 1.29 is 0 Å². The molecular weight excluding hydrogens is 182 g/mol. The summed E-state index contributed by atoms with van der Waals surface area (Å²) in [5.41, 5.74) is 2.53. The minimum atomic E-state index is 0.974. The average molecular weight is 203 g/mol. The number of aryl methyl sites for hydroxylation is 2. The quantitative estimate of drug-likeness (QED) is 0.726. The molecule has 2 rings (SSSR count). The van der Waals surface area contributed by atoms with Gasteiger partial charge in [-0.1, -0.05) is 38.2 Å². The summed E-state index contributed by atoms with van der Waals surface area (Å²) in [4.78, 5) is 4.46. The minimum absolute atomic E-state index is 0.974. The van der Waals surface area contributed by atoms with Crippen LogP contribution in [0.15, 0.2) is 18.3 Å². The van der Waals surface area contributed by atoms with Crippen LogP contribution in [0.25, 0.3) is 0 Å². The first-order valence-electron chi connectivity index (χ1n) is 6.26. The first-order chi connectivity index (χ1) is 7.34. The lowest BCUT2D eigenvalue weighted by molar-refractivity contribution is 0.338. The van der Waals surface area contributed by atoms with E-state index in [1.807, 2.05) is 6.20 Å². The number of rotatable bonds is 3. The van der Waals surface area contributed by atoms with Crippen molar-refractivity contribution in [2.45, 2.75) is 51.9 Å². The second-order valence-electron chi connectivity index (χ2n) is 4.87. The Morgan fingerprint density at radius 3 is 2.67 bits per heavy atom. The van der Waals surface area contributed by atoms with Crippen molar-refractivity contribution >= 4 is 0 Å². The monoisotopic (exact) mass is 203 g/mol. The molecular formula is C14H21N. The highest BCUT2D eigenvalue weighted by Gasteiger charge is 2.13. The van der Waals surface area contributed by atoms with E-state index >= 15 is 0 Å². The summed E-state index contributed by atoms with van der Waals surface area (Å²) in [6.45, 7) is 2.10. The summed E-state index contributed by atoms with van der Waals surface area (Å²) >= 11 is 0. The van der Waals surface area contributed by atoms with Gasteiger partial charge in [0.05, 0.1) is 0 Å². The maximum atomic E-state index is 4.46. The van der Waals surface area contributed by atoms with E-state index in [1.54, 1.807) is 0 Å². The van der Waals surface area contributed by atoms with Gasteiger partial charge in [-0.05, 0) is 37.3 Å². The molecule has 1 aromatic rings. The predicted octanol–water partition coefficient (Wildman–Crippen LogP) is 3.90. The SMILES string of the molecule is Cc1ccc(CCC2CCCCC2)nc1. The van der Waals surface area contributed by atoms with Crippen LogP contribution in [0.1, 0.15) is 49.8 Å². The van der Waals surface area contributed by atoms with Crippen molar-refractivity contribution in [2.24, 2.45) is 5.92 Å².